The molecule has 45 heavy (non-hydrogen) atoms. The number of halogens is 2. The van der Waals surface area contributed by atoms with Gasteiger partial charge >= 0.3 is 0 Å². The van der Waals surface area contributed by atoms with E-state index in [2.05, 4.69) is 33.7 Å². The molecule has 1 atom stereocenters. The molecule has 2 aliphatic rings. The van der Waals surface area contributed by atoms with Crippen molar-refractivity contribution in [2.24, 2.45) is 5.92 Å². The molecule has 11 heteroatoms. The van der Waals surface area contributed by atoms with E-state index in [0.717, 1.165) is 55.4 Å². The predicted molar refractivity (Wildman–Crippen MR) is 180 cm³/mol. The first-order valence-corrected chi connectivity index (χ1v) is 16.7. The number of pyridine rings is 1. The van der Waals surface area contributed by atoms with Crippen molar-refractivity contribution in [3.8, 4) is 17.3 Å². The number of hydrogen-bond donors (Lipinski definition) is 2. The number of aromatic nitrogens is 3. The summed E-state index contributed by atoms with van der Waals surface area (Å²) >= 11 is 0.955. The Balaban J connectivity index is 0.000000400. The highest BCUT2D eigenvalue weighted by Gasteiger charge is 2.30. The van der Waals surface area contributed by atoms with Gasteiger partial charge in [-0.15, -0.1) is 11.3 Å². The Morgan fingerprint density at radius 3 is 2.42 bits per heavy atom. The van der Waals surface area contributed by atoms with Crippen molar-refractivity contribution in [3.05, 3.63) is 40.7 Å². The van der Waals surface area contributed by atoms with Gasteiger partial charge in [-0.2, -0.15) is 5.26 Å². The molecule has 0 bridgehead atoms. The summed E-state index contributed by atoms with van der Waals surface area (Å²) in [6, 6.07) is 2.02. The van der Waals surface area contributed by atoms with E-state index in [1.165, 1.54) is 6.42 Å². The lowest BCUT2D eigenvalue weighted by molar-refractivity contribution is 0.0686. The molecule has 5 heterocycles. The number of nitrogens with zero attached hydrogens (tertiary/aromatic N) is 5. The molecule has 2 aliphatic heterocycles. The van der Waals surface area contributed by atoms with Crippen LogP contribution in [0.25, 0.3) is 32.2 Å². The van der Waals surface area contributed by atoms with Crippen molar-refractivity contribution in [1.29, 1.82) is 5.26 Å². The lowest BCUT2D eigenvalue weighted by Crippen LogP contribution is -2.21. The van der Waals surface area contributed by atoms with Gasteiger partial charge in [-0.3, -0.25) is 4.98 Å². The first kappa shape index (κ1) is 36.0. The zero-order valence-electron chi connectivity index (χ0n) is 27.7. The standard InChI is InChI=1S/C23H18F2N6OS.C7H16O.2C2H6/c1-10-2-3-31(7-10)23-29-5-12-13-8-32-9-14(13)16(18(25)19(12)30-23)20-17-11(4-26)22(27)33-21(17)15(24)6-28-20;1-4-5-6-7(2,3)8;2*1-2/h5-6,10H,2-3,7-9,27H2,1H3;8H,4-6H2,1-3H3;2*1-2H3. The van der Waals surface area contributed by atoms with E-state index < -0.39 is 17.2 Å². The molecule has 1 fully saturated rings. The number of thiophene rings is 1. The fourth-order valence-corrected chi connectivity index (χ4v) is 6.34. The first-order valence-electron chi connectivity index (χ1n) is 15.9. The molecule has 0 spiro atoms. The van der Waals surface area contributed by atoms with Crippen LogP contribution in [0.1, 0.15) is 97.8 Å². The van der Waals surface area contributed by atoms with Gasteiger partial charge in [-0.25, -0.2) is 18.7 Å². The van der Waals surface area contributed by atoms with Crippen LogP contribution in [0, 0.1) is 28.9 Å². The molecule has 3 aromatic heterocycles. The molecule has 244 valence electrons. The van der Waals surface area contributed by atoms with Gasteiger partial charge in [-0.1, -0.05) is 54.4 Å². The number of anilines is 2. The summed E-state index contributed by atoms with van der Waals surface area (Å²) in [6.07, 6.45) is 6.94. The average Bonchev–Trinajstić information content (AvgIpc) is 3.78. The molecular weight excluding hydrogens is 594 g/mol. The van der Waals surface area contributed by atoms with Crippen molar-refractivity contribution in [2.75, 3.05) is 23.7 Å². The Morgan fingerprint density at radius 2 is 1.84 bits per heavy atom. The summed E-state index contributed by atoms with van der Waals surface area (Å²) in [5.41, 5.74) is 7.53. The summed E-state index contributed by atoms with van der Waals surface area (Å²) in [7, 11) is 0. The molecule has 0 amide bonds. The Bertz CT molecular complexity index is 1660. The second kappa shape index (κ2) is 15.7. The van der Waals surface area contributed by atoms with Crippen LogP contribution in [0.5, 0.6) is 0 Å². The molecule has 1 aromatic carbocycles. The van der Waals surface area contributed by atoms with Gasteiger partial charge in [0.2, 0.25) is 5.95 Å². The molecule has 0 radical (unpaired) electrons. The van der Waals surface area contributed by atoms with Crippen LogP contribution < -0.4 is 10.6 Å². The van der Waals surface area contributed by atoms with Crippen LogP contribution in [-0.4, -0.2) is 38.7 Å². The van der Waals surface area contributed by atoms with E-state index in [-0.39, 0.29) is 50.6 Å². The third-order valence-electron chi connectivity index (χ3n) is 7.58. The molecule has 1 unspecified atom stereocenters. The molecular formula is C34H46F2N6O2S. The normalized spacial score (nSPS) is 15.4. The van der Waals surface area contributed by atoms with E-state index in [4.69, 9.17) is 15.6 Å². The molecule has 3 N–H and O–H groups in total. The van der Waals surface area contributed by atoms with Gasteiger partial charge in [0.1, 0.15) is 16.6 Å². The Kier molecular flexibility index (Phi) is 12.6. The van der Waals surface area contributed by atoms with E-state index in [1.807, 2.05) is 47.6 Å². The van der Waals surface area contributed by atoms with Crippen LogP contribution in [-0.2, 0) is 18.0 Å². The topological polar surface area (TPSA) is 121 Å². The molecule has 4 aromatic rings. The average molecular weight is 641 g/mol. The number of nitrogen functional groups attached to an aromatic ring is 1. The SMILES string of the molecule is CC.CC.CC1CCN(c2ncc3c4c(c(-c5ncc(F)c6sc(N)c(C#N)c56)c(F)c3n2)COC4)C1.CCCCC(C)(C)O. The molecule has 6 rings (SSSR count). The van der Waals surface area contributed by atoms with Crippen LogP contribution in [0.15, 0.2) is 12.4 Å². The van der Waals surface area contributed by atoms with Crippen molar-refractivity contribution >= 4 is 43.3 Å². The number of unbranched alkanes of at least 4 members (excludes halogenated alkanes) is 1. The van der Waals surface area contributed by atoms with Gasteiger partial charge in [0, 0.05) is 35.6 Å². The quantitative estimate of drug-likeness (QED) is 0.223. The minimum absolute atomic E-state index is 0.0959. The van der Waals surface area contributed by atoms with Gasteiger partial charge in [0.25, 0.3) is 0 Å². The monoisotopic (exact) mass is 640 g/mol. The maximum atomic E-state index is 16.2. The molecule has 0 saturated carbocycles. The van der Waals surface area contributed by atoms with Crippen LogP contribution in [0.4, 0.5) is 19.7 Å². The van der Waals surface area contributed by atoms with Crippen molar-refractivity contribution < 1.29 is 18.6 Å². The fourth-order valence-electron chi connectivity index (χ4n) is 5.42. The Hall–Kier alpha value is -3.46. The van der Waals surface area contributed by atoms with Crippen molar-refractivity contribution in [3.63, 3.8) is 0 Å². The number of fused-ring (bicyclic) bond motifs is 4. The van der Waals surface area contributed by atoms with Crippen molar-refractivity contribution in [2.45, 2.75) is 99.9 Å². The maximum absolute atomic E-state index is 16.2. The predicted octanol–water partition coefficient (Wildman–Crippen LogP) is 8.51. The maximum Gasteiger partial charge on any atom is 0.225 e. The highest BCUT2D eigenvalue weighted by molar-refractivity contribution is 7.23. The second-order valence-electron chi connectivity index (χ2n) is 11.4. The number of aliphatic hydroxyl groups is 1. The summed E-state index contributed by atoms with van der Waals surface area (Å²) in [6.45, 7) is 18.1. The smallest absolute Gasteiger partial charge is 0.225 e. The molecule has 0 aliphatic carbocycles. The van der Waals surface area contributed by atoms with Gasteiger partial charge in [0.05, 0.1) is 41.0 Å². The van der Waals surface area contributed by atoms with Crippen LogP contribution in [0.2, 0.25) is 0 Å². The van der Waals surface area contributed by atoms with Gasteiger partial charge in [0.15, 0.2) is 11.6 Å². The third kappa shape index (κ3) is 7.68. The highest BCUT2D eigenvalue weighted by Crippen LogP contribution is 2.45. The van der Waals surface area contributed by atoms with Crippen molar-refractivity contribution in [1.82, 2.24) is 15.0 Å². The van der Waals surface area contributed by atoms with E-state index in [1.54, 1.807) is 6.20 Å². The van der Waals surface area contributed by atoms with Crippen LogP contribution >= 0.6 is 11.3 Å². The van der Waals surface area contributed by atoms with Gasteiger partial charge < -0.3 is 20.5 Å². The second-order valence-corrected chi connectivity index (χ2v) is 12.5. The Labute approximate surface area is 269 Å². The van der Waals surface area contributed by atoms with Crippen LogP contribution in [0.3, 0.4) is 0 Å². The summed E-state index contributed by atoms with van der Waals surface area (Å²) in [5.74, 6) is -0.193. The minimum Gasteiger partial charge on any atom is -0.390 e. The number of ether oxygens (including phenoxy) is 1. The molecule has 1 saturated heterocycles. The number of nitriles is 1. The van der Waals surface area contributed by atoms with E-state index in [9.17, 15) is 9.65 Å². The summed E-state index contributed by atoms with van der Waals surface area (Å²) in [5, 5.41) is 19.8. The van der Waals surface area contributed by atoms with E-state index >= 15 is 4.39 Å². The fraction of sp³-hybridized carbons (Fsp3) is 0.529. The Morgan fingerprint density at radius 1 is 1.16 bits per heavy atom. The highest BCUT2D eigenvalue weighted by atomic mass is 32.1. The number of benzene rings is 1. The zero-order valence-corrected chi connectivity index (χ0v) is 28.5. The van der Waals surface area contributed by atoms with E-state index in [0.29, 0.717) is 22.8 Å². The third-order valence-corrected chi connectivity index (χ3v) is 8.61. The lowest BCUT2D eigenvalue weighted by atomic mass is 9.94. The first-order chi connectivity index (χ1) is 21.5. The summed E-state index contributed by atoms with van der Waals surface area (Å²) in [4.78, 5) is 15.4. The zero-order chi connectivity index (χ0) is 33.5. The molecule has 8 nitrogen and oxygen atoms in total. The number of hydrogen-bond acceptors (Lipinski definition) is 9. The largest absolute Gasteiger partial charge is 0.390 e. The lowest BCUT2D eigenvalue weighted by Gasteiger charge is -2.18. The van der Waals surface area contributed by atoms with Gasteiger partial charge in [-0.05, 0) is 43.7 Å². The number of rotatable bonds is 5. The number of nitrogens with two attached hydrogens (primary N) is 1. The minimum atomic E-state index is -0.603. The summed E-state index contributed by atoms with van der Waals surface area (Å²) < 4.78 is 36.6.